The molecule has 19 heavy (non-hydrogen) atoms. The number of thioether (sulfide) groups is 1. The third-order valence-corrected chi connectivity index (χ3v) is 5.73. The van der Waals surface area contributed by atoms with Crippen molar-refractivity contribution in [1.82, 2.24) is 24.9 Å². The predicted octanol–water partition coefficient (Wildman–Crippen LogP) is 0.412. The monoisotopic (exact) mass is 305 g/mol. The van der Waals surface area contributed by atoms with E-state index in [4.69, 9.17) is 0 Å². The summed E-state index contributed by atoms with van der Waals surface area (Å²) in [5.74, 6) is 1.23. The van der Waals surface area contributed by atoms with Crippen molar-refractivity contribution >= 4 is 21.8 Å². The zero-order valence-corrected chi connectivity index (χ0v) is 12.6. The van der Waals surface area contributed by atoms with E-state index in [-0.39, 0.29) is 5.75 Å². The quantitative estimate of drug-likeness (QED) is 0.580. The summed E-state index contributed by atoms with van der Waals surface area (Å²) in [6.45, 7) is 0.409. The van der Waals surface area contributed by atoms with Gasteiger partial charge in [0.15, 0.2) is 0 Å². The van der Waals surface area contributed by atoms with E-state index in [9.17, 15) is 8.42 Å². The second-order valence-electron chi connectivity index (χ2n) is 4.76. The third kappa shape index (κ3) is 4.73. The van der Waals surface area contributed by atoms with Gasteiger partial charge >= 0.3 is 0 Å². The summed E-state index contributed by atoms with van der Waals surface area (Å²) in [4.78, 5) is 0. The average molecular weight is 305 g/mol. The first-order valence-corrected chi connectivity index (χ1v) is 9.03. The fourth-order valence-corrected chi connectivity index (χ4v) is 4.55. The van der Waals surface area contributed by atoms with Crippen molar-refractivity contribution in [2.24, 2.45) is 13.0 Å². The van der Waals surface area contributed by atoms with Gasteiger partial charge in [0, 0.05) is 19.3 Å². The van der Waals surface area contributed by atoms with Gasteiger partial charge in [0.25, 0.3) is 0 Å². The molecule has 0 aliphatic heterocycles. The summed E-state index contributed by atoms with van der Waals surface area (Å²) in [7, 11) is -1.38. The molecule has 1 saturated carbocycles. The molecule has 0 radical (unpaired) electrons. The van der Waals surface area contributed by atoms with Gasteiger partial charge in [0.05, 0.1) is 5.75 Å². The average Bonchev–Trinajstić information content (AvgIpc) is 2.96. The van der Waals surface area contributed by atoms with Crippen molar-refractivity contribution in [2.75, 3.05) is 18.1 Å². The van der Waals surface area contributed by atoms with Crippen molar-refractivity contribution in [1.29, 1.82) is 0 Å². The van der Waals surface area contributed by atoms with Crippen LogP contribution in [0.4, 0.5) is 0 Å². The molecular weight excluding hydrogens is 286 g/mol. The standard InChI is InChI=1S/C10H19N5O2S2/c1-15-10(12-13-14-15)18-7-6-11-19(16,17)8-9-4-2-3-5-9/h9,11H,2-8H2,1H3. The zero-order chi connectivity index (χ0) is 13.7. The highest BCUT2D eigenvalue weighted by Gasteiger charge is 2.22. The van der Waals surface area contributed by atoms with Gasteiger partial charge in [-0.15, -0.1) is 5.10 Å². The van der Waals surface area contributed by atoms with Crippen LogP contribution in [0.2, 0.25) is 0 Å². The van der Waals surface area contributed by atoms with Crippen molar-refractivity contribution < 1.29 is 8.42 Å². The highest BCUT2D eigenvalue weighted by atomic mass is 32.2. The van der Waals surface area contributed by atoms with Crippen LogP contribution in [-0.2, 0) is 17.1 Å². The Bertz CT molecular complexity index is 496. The Labute approximate surface area is 117 Å². The van der Waals surface area contributed by atoms with Gasteiger partial charge in [-0.2, -0.15) is 0 Å². The number of rotatable bonds is 7. The van der Waals surface area contributed by atoms with E-state index < -0.39 is 10.0 Å². The molecular formula is C10H19N5O2S2. The fourth-order valence-electron chi connectivity index (χ4n) is 2.23. The van der Waals surface area contributed by atoms with E-state index in [0.29, 0.717) is 23.4 Å². The molecule has 0 aromatic carbocycles. The molecule has 0 spiro atoms. The molecule has 108 valence electrons. The maximum absolute atomic E-state index is 11.8. The first-order chi connectivity index (χ1) is 9.07. The van der Waals surface area contributed by atoms with E-state index in [1.807, 2.05) is 0 Å². The molecule has 2 rings (SSSR count). The minimum absolute atomic E-state index is 0.267. The maximum atomic E-state index is 11.8. The summed E-state index contributed by atoms with van der Waals surface area (Å²) in [5, 5.41) is 11.7. The second kappa shape index (κ2) is 6.67. The third-order valence-electron chi connectivity index (χ3n) is 3.17. The van der Waals surface area contributed by atoms with Crippen LogP contribution < -0.4 is 4.72 Å². The molecule has 1 heterocycles. The van der Waals surface area contributed by atoms with Crippen LogP contribution in [-0.4, -0.2) is 46.7 Å². The van der Waals surface area contributed by atoms with Gasteiger partial charge < -0.3 is 0 Å². The molecule has 0 atom stereocenters. The van der Waals surface area contributed by atoms with E-state index in [0.717, 1.165) is 25.7 Å². The lowest BCUT2D eigenvalue weighted by Gasteiger charge is -2.10. The summed E-state index contributed by atoms with van der Waals surface area (Å²) in [6, 6.07) is 0. The lowest BCUT2D eigenvalue weighted by atomic mass is 10.1. The Morgan fingerprint density at radius 3 is 2.79 bits per heavy atom. The van der Waals surface area contributed by atoms with Gasteiger partial charge in [0.2, 0.25) is 15.2 Å². The molecule has 1 fully saturated rings. The molecule has 9 heteroatoms. The van der Waals surface area contributed by atoms with E-state index in [2.05, 4.69) is 20.2 Å². The molecule has 0 bridgehead atoms. The first kappa shape index (κ1) is 14.7. The molecule has 7 nitrogen and oxygen atoms in total. The van der Waals surface area contributed by atoms with Crippen LogP contribution >= 0.6 is 11.8 Å². The normalized spacial score (nSPS) is 17.1. The largest absolute Gasteiger partial charge is 0.224 e. The number of hydrogen-bond acceptors (Lipinski definition) is 6. The van der Waals surface area contributed by atoms with Crippen LogP contribution in [0, 0.1) is 5.92 Å². The van der Waals surface area contributed by atoms with Crippen LogP contribution in [0.1, 0.15) is 25.7 Å². The Hall–Kier alpha value is -0.670. The predicted molar refractivity (Wildman–Crippen MR) is 73.3 cm³/mol. The second-order valence-corrected chi connectivity index (χ2v) is 7.67. The summed E-state index contributed by atoms with van der Waals surface area (Å²) < 4.78 is 27.9. The summed E-state index contributed by atoms with van der Waals surface area (Å²) >= 11 is 1.44. The van der Waals surface area contributed by atoms with Gasteiger partial charge in [-0.25, -0.2) is 17.8 Å². The number of sulfonamides is 1. The molecule has 1 N–H and O–H groups in total. The number of aryl methyl sites for hydroxylation is 1. The Kier molecular flexibility index (Phi) is 5.17. The van der Waals surface area contributed by atoms with Crippen LogP contribution in [0.3, 0.4) is 0 Å². The fraction of sp³-hybridized carbons (Fsp3) is 0.900. The molecule has 0 unspecified atom stereocenters. The highest BCUT2D eigenvalue weighted by Crippen LogP contribution is 2.25. The number of hydrogen-bond donors (Lipinski definition) is 1. The van der Waals surface area contributed by atoms with Gasteiger partial charge in [0.1, 0.15) is 0 Å². The maximum Gasteiger partial charge on any atom is 0.211 e. The molecule has 1 aliphatic rings. The zero-order valence-electron chi connectivity index (χ0n) is 10.9. The lowest BCUT2D eigenvalue weighted by Crippen LogP contribution is -2.31. The molecule has 1 aliphatic carbocycles. The Balaban J connectivity index is 1.68. The molecule has 1 aromatic heterocycles. The van der Waals surface area contributed by atoms with Gasteiger partial charge in [-0.1, -0.05) is 24.6 Å². The van der Waals surface area contributed by atoms with Crippen molar-refractivity contribution in [3.05, 3.63) is 0 Å². The van der Waals surface area contributed by atoms with Crippen LogP contribution in [0.25, 0.3) is 0 Å². The lowest BCUT2D eigenvalue weighted by molar-refractivity contribution is 0.549. The summed E-state index contributed by atoms with van der Waals surface area (Å²) in [6.07, 6.45) is 4.41. The van der Waals surface area contributed by atoms with E-state index in [1.54, 1.807) is 11.7 Å². The highest BCUT2D eigenvalue weighted by molar-refractivity contribution is 7.99. The Morgan fingerprint density at radius 1 is 1.42 bits per heavy atom. The van der Waals surface area contributed by atoms with E-state index >= 15 is 0 Å². The van der Waals surface area contributed by atoms with Gasteiger partial charge in [-0.05, 0) is 29.2 Å². The van der Waals surface area contributed by atoms with E-state index in [1.165, 1.54) is 11.8 Å². The summed E-state index contributed by atoms with van der Waals surface area (Å²) in [5.41, 5.74) is 0. The number of nitrogens with one attached hydrogen (secondary N) is 1. The van der Waals surface area contributed by atoms with Crippen LogP contribution in [0.5, 0.6) is 0 Å². The minimum Gasteiger partial charge on any atom is -0.224 e. The molecule has 0 saturated heterocycles. The smallest absolute Gasteiger partial charge is 0.211 e. The van der Waals surface area contributed by atoms with Crippen molar-refractivity contribution in [2.45, 2.75) is 30.8 Å². The topological polar surface area (TPSA) is 89.8 Å². The Morgan fingerprint density at radius 2 is 2.16 bits per heavy atom. The first-order valence-electron chi connectivity index (χ1n) is 6.39. The number of nitrogens with zero attached hydrogens (tertiary/aromatic N) is 4. The molecule has 1 aromatic rings. The van der Waals surface area contributed by atoms with Crippen molar-refractivity contribution in [3.8, 4) is 0 Å². The number of aromatic nitrogens is 4. The number of tetrazole rings is 1. The minimum atomic E-state index is -3.14. The SMILES string of the molecule is Cn1nnnc1SCCNS(=O)(=O)CC1CCCC1. The van der Waals surface area contributed by atoms with Gasteiger partial charge in [-0.3, -0.25) is 0 Å². The van der Waals surface area contributed by atoms with Crippen LogP contribution in [0.15, 0.2) is 5.16 Å². The molecule has 0 amide bonds. The van der Waals surface area contributed by atoms with Crippen molar-refractivity contribution in [3.63, 3.8) is 0 Å².